The number of piperidine rings is 1. The summed E-state index contributed by atoms with van der Waals surface area (Å²) < 4.78 is 10.9. The summed E-state index contributed by atoms with van der Waals surface area (Å²) >= 11 is 5.59. The summed E-state index contributed by atoms with van der Waals surface area (Å²) in [5.74, 6) is 4.86. The number of aromatic nitrogens is 2. The van der Waals surface area contributed by atoms with E-state index >= 15 is 0 Å². The van der Waals surface area contributed by atoms with Crippen LogP contribution in [0.15, 0.2) is 24.3 Å². The molecule has 5 rings (SSSR count). The van der Waals surface area contributed by atoms with Gasteiger partial charge in [0.2, 0.25) is 12.7 Å². The fourth-order valence-electron chi connectivity index (χ4n) is 4.72. The van der Waals surface area contributed by atoms with E-state index in [4.69, 9.17) is 31.7 Å². The van der Waals surface area contributed by atoms with Crippen LogP contribution in [0.1, 0.15) is 51.0 Å². The SMILES string of the molecule is CC1CCN(c2cc(N3CCCCCC3)nc(NC(=S)NCc3ccc4c(c3)OCO4)n2)CC1. The number of hydrogen-bond donors (Lipinski definition) is 2. The van der Waals surface area contributed by atoms with Crippen molar-refractivity contribution in [2.75, 3.05) is 48.1 Å². The monoisotopic (exact) mass is 482 g/mol. The Balaban J connectivity index is 1.29. The van der Waals surface area contributed by atoms with Crippen molar-refractivity contribution in [1.29, 1.82) is 0 Å². The lowest BCUT2D eigenvalue weighted by Crippen LogP contribution is -2.35. The molecule has 0 unspecified atom stereocenters. The van der Waals surface area contributed by atoms with Crippen LogP contribution in [-0.2, 0) is 6.54 Å². The maximum atomic E-state index is 5.59. The molecule has 1 aromatic heterocycles. The van der Waals surface area contributed by atoms with Gasteiger partial charge in [0, 0.05) is 38.8 Å². The molecule has 0 aliphatic carbocycles. The molecule has 2 N–H and O–H groups in total. The Morgan fingerprint density at radius 2 is 1.62 bits per heavy atom. The first kappa shape index (κ1) is 23.0. The first-order valence-corrected chi connectivity index (χ1v) is 12.9. The molecule has 34 heavy (non-hydrogen) atoms. The zero-order valence-electron chi connectivity index (χ0n) is 19.9. The van der Waals surface area contributed by atoms with Gasteiger partial charge in [0.05, 0.1) is 0 Å². The molecule has 3 aliphatic rings. The van der Waals surface area contributed by atoms with E-state index in [2.05, 4.69) is 33.4 Å². The van der Waals surface area contributed by atoms with Crippen molar-refractivity contribution in [3.05, 3.63) is 29.8 Å². The molecule has 0 radical (unpaired) electrons. The van der Waals surface area contributed by atoms with Crippen molar-refractivity contribution in [2.24, 2.45) is 5.92 Å². The minimum atomic E-state index is 0.273. The number of nitrogens with one attached hydrogen (secondary N) is 2. The van der Waals surface area contributed by atoms with Crippen LogP contribution in [0.25, 0.3) is 0 Å². The summed E-state index contributed by atoms with van der Waals surface area (Å²) in [5, 5.41) is 7.01. The van der Waals surface area contributed by atoms with Crippen LogP contribution in [0.3, 0.4) is 0 Å². The normalized spacial score (nSPS) is 18.5. The number of anilines is 3. The zero-order chi connectivity index (χ0) is 23.3. The molecule has 4 heterocycles. The molecule has 1 aromatic carbocycles. The van der Waals surface area contributed by atoms with Gasteiger partial charge in [-0.25, -0.2) is 0 Å². The summed E-state index contributed by atoms with van der Waals surface area (Å²) in [6.45, 7) is 7.32. The zero-order valence-corrected chi connectivity index (χ0v) is 20.7. The topological polar surface area (TPSA) is 74.8 Å². The largest absolute Gasteiger partial charge is 0.454 e. The molecule has 0 bridgehead atoms. The maximum Gasteiger partial charge on any atom is 0.232 e. The average molecular weight is 483 g/mol. The lowest BCUT2D eigenvalue weighted by Gasteiger charge is -2.32. The molecular weight excluding hydrogens is 448 g/mol. The summed E-state index contributed by atoms with van der Waals surface area (Å²) in [4.78, 5) is 14.5. The Labute approximate surface area is 207 Å². The number of nitrogens with zero attached hydrogens (tertiary/aromatic N) is 4. The van der Waals surface area contributed by atoms with Gasteiger partial charge >= 0.3 is 0 Å². The Morgan fingerprint density at radius 3 is 2.35 bits per heavy atom. The smallest absolute Gasteiger partial charge is 0.232 e. The predicted molar refractivity (Wildman–Crippen MR) is 139 cm³/mol. The molecule has 0 atom stereocenters. The molecule has 0 amide bonds. The Kier molecular flexibility index (Phi) is 7.18. The van der Waals surface area contributed by atoms with Gasteiger partial charge in [-0.2, -0.15) is 9.97 Å². The van der Waals surface area contributed by atoms with E-state index in [1.165, 1.54) is 38.5 Å². The second-order valence-electron chi connectivity index (χ2n) is 9.47. The number of fused-ring (bicyclic) bond motifs is 1. The highest BCUT2D eigenvalue weighted by Gasteiger charge is 2.21. The van der Waals surface area contributed by atoms with E-state index in [-0.39, 0.29) is 6.79 Å². The number of hydrogen-bond acceptors (Lipinski definition) is 7. The van der Waals surface area contributed by atoms with Gasteiger partial charge in [-0.05, 0) is 61.5 Å². The van der Waals surface area contributed by atoms with Crippen LogP contribution in [0.2, 0.25) is 0 Å². The van der Waals surface area contributed by atoms with Gasteiger partial charge < -0.3 is 29.9 Å². The van der Waals surface area contributed by atoms with Crippen LogP contribution in [0.4, 0.5) is 17.6 Å². The molecule has 0 saturated carbocycles. The number of rotatable bonds is 5. The molecule has 9 heteroatoms. The van der Waals surface area contributed by atoms with Gasteiger partial charge in [0.1, 0.15) is 11.6 Å². The third kappa shape index (κ3) is 5.63. The van der Waals surface area contributed by atoms with Crippen molar-refractivity contribution < 1.29 is 9.47 Å². The van der Waals surface area contributed by atoms with Gasteiger partial charge in [0.15, 0.2) is 16.6 Å². The van der Waals surface area contributed by atoms with Crippen LogP contribution in [-0.4, -0.2) is 48.1 Å². The van der Waals surface area contributed by atoms with Crippen molar-refractivity contribution in [3.63, 3.8) is 0 Å². The lowest BCUT2D eigenvalue weighted by molar-refractivity contribution is 0.174. The molecule has 2 saturated heterocycles. The van der Waals surface area contributed by atoms with Gasteiger partial charge in [-0.1, -0.05) is 25.8 Å². The number of thiocarbonyl (C=S) groups is 1. The maximum absolute atomic E-state index is 5.59. The minimum Gasteiger partial charge on any atom is -0.454 e. The highest BCUT2D eigenvalue weighted by Crippen LogP contribution is 2.32. The van der Waals surface area contributed by atoms with Gasteiger partial charge in [-0.3, -0.25) is 0 Å². The molecule has 8 nitrogen and oxygen atoms in total. The number of ether oxygens (including phenoxy) is 2. The summed E-state index contributed by atoms with van der Waals surface area (Å²) in [7, 11) is 0. The molecular formula is C25H34N6O2S. The summed E-state index contributed by atoms with van der Waals surface area (Å²) in [6.07, 6.45) is 7.38. The van der Waals surface area contributed by atoms with E-state index in [9.17, 15) is 0 Å². The highest BCUT2D eigenvalue weighted by molar-refractivity contribution is 7.80. The van der Waals surface area contributed by atoms with Crippen molar-refractivity contribution in [1.82, 2.24) is 15.3 Å². The molecule has 3 aliphatic heterocycles. The van der Waals surface area contributed by atoms with Crippen LogP contribution < -0.4 is 29.9 Å². The predicted octanol–water partition coefficient (Wildman–Crippen LogP) is 4.31. The Morgan fingerprint density at radius 1 is 0.941 bits per heavy atom. The third-order valence-electron chi connectivity index (χ3n) is 6.85. The quantitative estimate of drug-likeness (QED) is 0.607. The van der Waals surface area contributed by atoms with E-state index in [1.807, 2.05) is 18.2 Å². The molecule has 2 aromatic rings. The minimum absolute atomic E-state index is 0.273. The fraction of sp³-hybridized carbons (Fsp3) is 0.560. The fourth-order valence-corrected chi connectivity index (χ4v) is 4.88. The Bertz CT molecular complexity index is 1000. The van der Waals surface area contributed by atoms with E-state index in [0.29, 0.717) is 17.6 Å². The number of benzene rings is 1. The molecule has 0 spiro atoms. The summed E-state index contributed by atoms with van der Waals surface area (Å²) in [5.41, 5.74) is 1.07. The van der Waals surface area contributed by atoms with Crippen LogP contribution in [0, 0.1) is 5.92 Å². The first-order valence-electron chi connectivity index (χ1n) is 12.5. The van der Waals surface area contributed by atoms with E-state index in [0.717, 1.165) is 60.8 Å². The standard InChI is InChI=1S/C25H34N6O2S/c1-18-8-12-31(13-9-18)23-15-22(30-10-4-2-3-5-11-30)27-24(28-23)29-25(34)26-16-19-6-7-20-21(14-19)33-17-32-20/h6-7,14-15,18H,2-5,8-13,16-17H2,1H3,(H2,26,27,28,29,34). The Hall–Kier alpha value is -2.81. The lowest BCUT2D eigenvalue weighted by atomic mass is 9.99. The third-order valence-corrected chi connectivity index (χ3v) is 7.10. The first-order chi connectivity index (χ1) is 16.6. The van der Waals surface area contributed by atoms with E-state index < -0.39 is 0 Å². The second kappa shape index (κ2) is 10.6. The van der Waals surface area contributed by atoms with Crippen LogP contribution in [0.5, 0.6) is 11.5 Å². The highest BCUT2D eigenvalue weighted by atomic mass is 32.1. The van der Waals surface area contributed by atoms with Crippen molar-refractivity contribution >= 4 is 34.9 Å². The average Bonchev–Trinajstić information content (AvgIpc) is 3.14. The molecule has 182 valence electrons. The van der Waals surface area contributed by atoms with Gasteiger partial charge in [0.25, 0.3) is 0 Å². The van der Waals surface area contributed by atoms with Crippen LogP contribution >= 0.6 is 12.2 Å². The van der Waals surface area contributed by atoms with Crippen molar-refractivity contribution in [3.8, 4) is 11.5 Å². The van der Waals surface area contributed by atoms with Crippen molar-refractivity contribution in [2.45, 2.75) is 52.0 Å². The second-order valence-corrected chi connectivity index (χ2v) is 9.88. The van der Waals surface area contributed by atoms with E-state index in [1.54, 1.807) is 0 Å². The molecule has 2 fully saturated rings. The summed E-state index contributed by atoms with van der Waals surface area (Å²) in [6, 6.07) is 8.07. The van der Waals surface area contributed by atoms with Gasteiger partial charge in [-0.15, -0.1) is 0 Å².